The number of pyridine rings is 1. The number of rotatable bonds is 2. The van der Waals surface area contributed by atoms with Gasteiger partial charge in [-0.25, -0.2) is 0 Å². The Labute approximate surface area is 135 Å². The molecule has 2 aliphatic rings. The van der Waals surface area contributed by atoms with Gasteiger partial charge >= 0.3 is 0 Å². The standard InChI is InChI=1S/C19H19N3O/c20-10-18(15-5-2-1-3-6-15)21-11-14-9-16(13-21)17-7-4-8-19(23)22(17)12-14/h1-8,14,16,18H,9,11-13H2/t14-,16+,18?/m1/s1. The summed E-state index contributed by atoms with van der Waals surface area (Å²) in [6.07, 6.45) is 1.12. The van der Waals surface area contributed by atoms with Crippen molar-refractivity contribution in [2.45, 2.75) is 24.9 Å². The molecule has 0 N–H and O–H groups in total. The molecule has 2 aromatic rings. The summed E-state index contributed by atoms with van der Waals surface area (Å²) in [5.41, 5.74) is 2.29. The van der Waals surface area contributed by atoms with Crippen molar-refractivity contribution in [2.24, 2.45) is 5.92 Å². The second-order valence-corrected chi connectivity index (χ2v) is 6.59. The lowest BCUT2D eigenvalue weighted by atomic mass is 9.82. The Morgan fingerprint density at radius 2 is 1.87 bits per heavy atom. The first-order chi connectivity index (χ1) is 11.3. The average molecular weight is 305 g/mol. The maximum absolute atomic E-state index is 12.1. The molecule has 2 bridgehead atoms. The Balaban J connectivity index is 1.66. The molecular formula is C19H19N3O. The highest BCUT2D eigenvalue weighted by molar-refractivity contribution is 5.25. The van der Waals surface area contributed by atoms with E-state index in [0.29, 0.717) is 11.8 Å². The molecule has 0 aliphatic carbocycles. The SMILES string of the molecule is N#CC(c1ccccc1)N1C[C@H]2C[C@@H](C1)c1cccc(=O)n1C2. The number of nitrogens with zero attached hydrogens (tertiary/aromatic N) is 3. The molecule has 1 saturated heterocycles. The maximum atomic E-state index is 12.1. The third kappa shape index (κ3) is 2.47. The number of fused-ring (bicyclic) bond motifs is 4. The van der Waals surface area contributed by atoms with Gasteiger partial charge < -0.3 is 4.57 Å². The predicted molar refractivity (Wildman–Crippen MR) is 87.9 cm³/mol. The van der Waals surface area contributed by atoms with E-state index in [0.717, 1.165) is 37.3 Å². The lowest BCUT2D eigenvalue weighted by molar-refractivity contribution is 0.100. The largest absolute Gasteiger partial charge is 0.312 e. The summed E-state index contributed by atoms with van der Waals surface area (Å²) in [5.74, 6) is 0.789. The van der Waals surface area contributed by atoms with Gasteiger partial charge in [-0.3, -0.25) is 9.69 Å². The molecular weight excluding hydrogens is 286 g/mol. The Hall–Kier alpha value is -2.38. The van der Waals surface area contributed by atoms with Gasteiger partial charge in [-0.15, -0.1) is 0 Å². The van der Waals surface area contributed by atoms with Crippen molar-refractivity contribution >= 4 is 0 Å². The van der Waals surface area contributed by atoms with Crippen LogP contribution in [-0.4, -0.2) is 22.6 Å². The first-order valence-electron chi connectivity index (χ1n) is 8.14. The molecule has 2 aliphatic heterocycles. The minimum Gasteiger partial charge on any atom is -0.312 e. The van der Waals surface area contributed by atoms with Gasteiger partial charge in [-0.05, 0) is 24.0 Å². The van der Waals surface area contributed by atoms with Crippen molar-refractivity contribution in [1.82, 2.24) is 9.47 Å². The van der Waals surface area contributed by atoms with Crippen molar-refractivity contribution in [2.75, 3.05) is 13.1 Å². The molecule has 0 amide bonds. The number of aromatic nitrogens is 1. The summed E-state index contributed by atoms with van der Waals surface area (Å²) in [6.45, 7) is 2.49. The molecule has 1 unspecified atom stereocenters. The number of hydrogen-bond acceptors (Lipinski definition) is 3. The number of piperidine rings is 1. The highest BCUT2D eigenvalue weighted by Gasteiger charge is 2.37. The van der Waals surface area contributed by atoms with Crippen molar-refractivity contribution in [3.8, 4) is 6.07 Å². The molecule has 4 rings (SSSR count). The van der Waals surface area contributed by atoms with Crippen LogP contribution in [0, 0.1) is 17.2 Å². The number of nitriles is 1. The van der Waals surface area contributed by atoms with Gasteiger partial charge in [-0.1, -0.05) is 36.4 Å². The molecule has 0 saturated carbocycles. The van der Waals surface area contributed by atoms with E-state index in [2.05, 4.69) is 17.0 Å². The van der Waals surface area contributed by atoms with Gasteiger partial charge in [0.05, 0.1) is 6.07 Å². The second-order valence-electron chi connectivity index (χ2n) is 6.59. The zero-order chi connectivity index (χ0) is 15.8. The third-order valence-electron chi connectivity index (χ3n) is 5.11. The molecule has 1 fully saturated rings. The highest BCUT2D eigenvalue weighted by Crippen LogP contribution is 2.38. The van der Waals surface area contributed by atoms with E-state index in [1.807, 2.05) is 41.0 Å². The second kappa shape index (κ2) is 5.68. The van der Waals surface area contributed by atoms with E-state index >= 15 is 0 Å². The number of hydrogen-bond donors (Lipinski definition) is 0. The third-order valence-corrected chi connectivity index (χ3v) is 5.11. The van der Waals surface area contributed by atoms with E-state index in [4.69, 9.17) is 0 Å². The lowest BCUT2D eigenvalue weighted by Gasteiger charge is -2.44. The highest BCUT2D eigenvalue weighted by atomic mass is 16.1. The van der Waals surface area contributed by atoms with Crippen LogP contribution in [0.1, 0.15) is 29.6 Å². The molecule has 0 spiro atoms. The Morgan fingerprint density at radius 3 is 2.65 bits per heavy atom. The normalized spacial score (nSPS) is 24.5. The zero-order valence-electron chi connectivity index (χ0n) is 12.9. The summed E-state index contributed by atoms with van der Waals surface area (Å²) in [7, 11) is 0. The van der Waals surface area contributed by atoms with Crippen LogP contribution in [0.2, 0.25) is 0 Å². The quantitative estimate of drug-likeness (QED) is 0.856. The first-order valence-corrected chi connectivity index (χ1v) is 8.14. The summed E-state index contributed by atoms with van der Waals surface area (Å²) in [5, 5.41) is 9.69. The first kappa shape index (κ1) is 14.2. The van der Waals surface area contributed by atoms with E-state index in [1.54, 1.807) is 6.07 Å². The van der Waals surface area contributed by atoms with Gasteiger partial charge in [0.2, 0.25) is 0 Å². The van der Waals surface area contributed by atoms with Crippen LogP contribution >= 0.6 is 0 Å². The summed E-state index contributed by atoms with van der Waals surface area (Å²) in [4.78, 5) is 14.4. The topological polar surface area (TPSA) is 49.0 Å². The average Bonchev–Trinajstić information content (AvgIpc) is 2.58. The van der Waals surface area contributed by atoms with E-state index < -0.39 is 0 Å². The van der Waals surface area contributed by atoms with Crippen LogP contribution in [0.15, 0.2) is 53.3 Å². The van der Waals surface area contributed by atoms with Crippen LogP contribution in [0.3, 0.4) is 0 Å². The van der Waals surface area contributed by atoms with Gasteiger partial charge in [0.1, 0.15) is 6.04 Å². The molecule has 4 heteroatoms. The molecule has 1 aromatic heterocycles. The molecule has 0 radical (unpaired) electrons. The van der Waals surface area contributed by atoms with Crippen molar-refractivity contribution in [3.63, 3.8) is 0 Å². The van der Waals surface area contributed by atoms with Crippen molar-refractivity contribution < 1.29 is 0 Å². The van der Waals surface area contributed by atoms with Crippen molar-refractivity contribution in [1.29, 1.82) is 5.26 Å². The lowest BCUT2D eigenvalue weighted by Crippen LogP contribution is -2.47. The van der Waals surface area contributed by atoms with Crippen LogP contribution in [-0.2, 0) is 6.54 Å². The predicted octanol–water partition coefficient (Wildman–Crippen LogP) is 2.53. The van der Waals surface area contributed by atoms with Gasteiger partial charge in [0.15, 0.2) is 0 Å². The van der Waals surface area contributed by atoms with Crippen LogP contribution in [0.4, 0.5) is 0 Å². The fourth-order valence-corrected chi connectivity index (χ4v) is 4.15. The molecule has 23 heavy (non-hydrogen) atoms. The minimum atomic E-state index is -0.205. The van der Waals surface area contributed by atoms with E-state index in [1.165, 1.54) is 0 Å². The van der Waals surface area contributed by atoms with Crippen LogP contribution < -0.4 is 5.56 Å². The maximum Gasteiger partial charge on any atom is 0.250 e. The Morgan fingerprint density at radius 1 is 1.04 bits per heavy atom. The molecule has 1 aromatic carbocycles. The van der Waals surface area contributed by atoms with Crippen molar-refractivity contribution in [3.05, 3.63) is 70.1 Å². The Kier molecular flexibility index (Phi) is 3.51. The summed E-state index contributed by atoms with van der Waals surface area (Å²) in [6, 6.07) is 17.8. The molecule has 3 heterocycles. The van der Waals surface area contributed by atoms with Crippen LogP contribution in [0.25, 0.3) is 0 Å². The smallest absolute Gasteiger partial charge is 0.250 e. The monoisotopic (exact) mass is 305 g/mol. The van der Waals surface area contributed by atoms with Crippen LogP contribution in [0.5, 0.6) is 0 Å². The molecule has 4 nitrogen and oxygen atoms in total. The summed E-state index contributed by atoms with van der Waals surface area (Å²) >= 11 is 0. The fourth-order valence-electron chi connectivity index (χ4n) is 4.15. The summed E-state index contributed by atoms with van der Waals surface area (Å²) < 4.78 is 1.93. The molecule has 3 atom stereocenters. The number of benzene rings is 1. The fraction of sp³-hybridized carbons (Fsp3) is 0.368. The van der Waals surface area contributed by atoms with E-state index in [9.17, 15) is 10.1 Å². The minimum absolute atomic E-state index is 0.102. The van der Waals surface area contributed by atoms with E-state index in [-0.39, 0.29) is 11.6 Å². The number of likely N-dealkylation sites (tertiary alicyclic amines) is 1. The van der Waals surface area contributed by atoms with Gasteiger partial charge in [0, 0.05) is 37.3 Å². The molecule has 116 valence electrons. The van der Waals surface area contributed by atoms with Gasteiger partial charge in [-0.2, -0.15) is 5.26 Å². The Bertz CT molecular complexity index is 805. The van der Waals surface area contributed by atoms with Gasteiger partial charge in [0.25, 0.3) is 5.56 Å². The zero-order valence-corrected chi connectivity index (χ0v) is 12.9.